The first-order valence-electron chi connectivity index (χ1n) is 9.20. The molecule has 0 unspecified atom stereocenters. The van der Waals surface area contributed by atoms with Gasteiger partial charge in [-0.05, 0) is 48.7 Å². The third kappa shape index (κ3) is 4.76. The molecule has 0 saturated carbocycles. The minimum absolute atomic E-state index is 0.206. The molecule has 3 aromatic rings. The van der Waals surface area contributed by atoms with Crippen molar-refractivity contribution in [2.75, 3.05) is 17.7 Å². The van der Waals surface area contributed by atoms with Gasteiger partial charge in [-0.25, -0.2) is 14.8 Å². The van der Waals surface area contributed by atoms with Crippen molar-refractivity contribution in [3.8, 4) is 0 Å². The summed E-state index contributed by atoms with van der Waals surface area (Å²) in [6.07, 6.45) is 2.39. The molecule has 0 aliphatic heterocycles. The van der Waals surface area contributed by atoms with Gasteiger partial charge in [0.15, 0.2) is 0 Å². The fourth-order valence-corrected chi connectivity index (χ4v) is 2.90. The van der Waals surface area contributed by atoms with Gasteiger partial charge in [0.25, 0.3) is 5.91 Å². The smallest absolute Gasteiger partial charge is 0.337 e. The standard InChI is InChI=1S/C22H22N4O3/c1-4-15-8-5-7-14(2)19(15)26-22-23-12-11-18(25-22)20(27)24-17-10-6-9-16(13-17)21(28)29-3/h5-13H,4H2,1-3H3,(H,24,27)(H,23,25,26). The van der Waals surface area contributed by atoms with Crippen LogP contribution in [0.15, 0.2) is 54.7 Å². The van der Waals surface area contributed by atoms with E-state index in [1.54, 1.807) is 24.3 Å². The van der Waals surface area contributed by atoms with Gasteiger partial charge in [-0.3, -0.25) is 4.79 Å². The molecule has 0 atom stereocenters. The maximum absolute atomic E-state index is 12.6. The van der Waals surface area contributed by atoms with E-state index < -0.39 is 11.9 Å². The fourth-order valence-electron chi connectivity index (χ4n) is 2.90. The van der Waals surface area contributed by atoms with Gasteiger partial charge in [-0.1, -0.05) is 31.2 Å². The number of esters is 1. The summed E-state index contributed by atoms with van der Waals surface area (Å²) < 4.78 is 4.70. The van der Waals surface area contributed by atoms with Crippen LogP contribution in [0.25, 0.3) is 0 Å². The normalized spacial score (nSPS) is 10.3. The molecule has 0 fully saturated rings. The number of aryl methyl sites for hydroxylation is 2. The molecular weight excluding hydrogens is 368 g/mol. The summed E-state index contributed by atoms with van der Waals surface area (Å²) >= 11 is 0. The predicted octanol–water partition coefficient (Wildman–Crippen LogP) is 4.13. The third-order valence-electron chi connectivity index (χ3n) is 4.41. The zero-order valence-electron chi connectivity index (χ0n) is 16.5. The van der Waals surface area contributed by atoms with E-state index in [-0.39, 0.29) is 5.69 Å². The molecule has 2 aromatic carbocycles. The molecular formula is C22H22N4O3. The molecule has 0 aliphatic rings. The highest BCUT2D eigenvalue weighted by molar-refractivity contribution is 6.03. The Balaban J connectivity index is 1.79. The number of amides is 1. The van der Waals surface area contributed by atoms with E-state index >= 15 is 0 Å². The molecule has 2 N–H and O–H groups in total. The second-order valence-electron chi connectivity index (χ2n) is 6.38. The van der Waals surface area contributed by atoms with Gasteiger partial charge in [0.05, 0.1) is 12.7 Å². The minimum atomic E-state index is -0.473. The van der Waals surface area contributed by atoms with Gasteiger partial charge in [0.1, 0.15) is 5.69 Å². The number of carbonyl (C=O) groups excluding carboxylic acids is 2. The van der Waals surface area contributed by atoms with Crippen LogP contribution < -0.4 is 10.6 Å². The summed E-state index contributed by atoms with van der Waals surface area (Å²) in [6, 6.07) is 14.1. The number of methoxy groups -OCH3 is 1. The van der Waals surface area contributed by atoms with E-state index in [1.807, 2.05) is 25.1 Å². The highest BCUT2D eigenvalue weighted by atomic mass is 16.5. The molecule has 0 radical (unpaired) electrons. The Bertz CT molecular complexity index is 1050. The molecule has 3 rings (SSSR count). The summed E-state index contributed by atoms with van der Waals surface area (Å²) in [6.45, 7) is 4.08. The number of carbonyl (C=O) groups is 2. The van der Waals surface area contributed by atoms with E-state index in [2.05, 4.69) is 27.5 Å². The van der Waals surface area contributed by atoms with Gasteiger partial charge >= 0.3 is 5.97 Å². The molecule has 1 heterocycles. The number of nitrogens with one attached hydrogen (secondary N) is 2. The Morgan fingerprint density at radius 3 is 2.66 bits per heavy atom. The fraction of sp³-hybridized carbons (Fsp3) is 0.182. The lowest BCUT2D eigenvalue weighted by atomic mass is 10.1. The van der Waals surface area contributed by atoms with Crippen LogP contribution in [0.5, 0.6) is 0 Å². The second kappa shape index (κ2) is 8.97. The highest BCUT2D eigenvalue weighted by Crippen LogP contribution is 2.24. The first-order chi connectivity index (χ1) is 14.0. The highest BCUT2D eigenvalue weighted by Gasteiger charge is 2.13. The van der Waals surface area contributed by atoms with E-state index in [4.69, 9.17) is 4.74 Å². The summed E-state index contributed by atoms with van der Waals surface area (Å²) in [5.74, 6) is -0.539. The number of hydrogen-bond acceptors (Lipinski definition) is 6. The van der Waals surface area contributed by atoms with Crippen molar-refractivity contribution in [2.24, 2.45) is 0 Å². The lowest BCUT2D eigenvalue weighted by Crippen LogP contribution is -2.15. The van der Waals surface area contributed by atoms with Gasteiger partial charge in [-0.15, -0.1) is 0 Å². The Labute approximate surface area is 169 Å². The number of para-hydroxylation sites is 1. The lowest BCUT2D eigenvalue weighted by molar-refractivity contribution is 0.0600. The van der Waals surface area contributed by atoms with Crippen LogP contribution in [0, 0.1) is 6.92 Å². The maximum atomic E-state index is 12.6. The van der Waals surface area contributed by atoms with E-state index in [0.29, 0.717) is 17.2 Å². The summed E-state index contributed by atoms with van der Waals surface area (Å²) in [5, 5.41) is 5.96. The largest absolute Gasteiger partial charge is 0.465 e. The van der Waals surface area contributed by atoms with Gasteiger partial charge in [0, 0.05) is 17.6 Å². The monoisotopic (exact) mass is 390 g/mol. The number of anilines is 3. The molecule has 29 heavy (non-hydrogen) atoms. The van der Waals surface area contributed by atoms with Crippen molar-refractivity contribution in [3.05, 3.63) is 77.1 Å². The van der Waals surface area contributed by atoms with Crippen LogP contribution in [0.1, 0.15) is 38.9 Å². The number of hydrogen-bond donors (Lipinski definition) is 2. The Kier molecular flexibility index (Phi) is 6.19. The number of nitrogens with zero attached hydrogens (tertiary/aromatic N) is 2. The van der Waals surface area contributed by atoms with Crippen LogP contribution in [-0.4, -0.2) is 29.0 Å². The molecule has 1 aromatic heterocycles. The van der Waals surface area contributed by atoms with E-state index in [9.17, 15) is 9.59 Å². The van der Waals surface area contributed by atoms with Gasteiger partial charge < -0.3 is 15.4 Å². The Morgan fingerprint density at radius 1 is 1.10 bits per heavy atom. The van der Waals surface area contributed by atoms with Crippen molar-refractivity contribution in [3.63, 3.8) is 0 Å². The molecule has 1 amide bonds. The molecule has 0 saturated heterocycles. The molecule has 0 spiro atoms. The van der Waals surface area contributed by atoms with Crippen molar-refractivity contribution < 1.29 is 14.3 Å². The van der Waals surface area contributed by atoms with Crippen LogP contribution in [0.2, 0.25) is 0 Å². The average Bonchev–Trinajstić information content (AvgIpc) is 2.75. The Morgan fingerprint density at radius 2 is 1.90 bits per heavy atom. The van der Waals surface area contributed by atoms with Crippen LogP contribution in [0.4, 0.5) is 17.3 Å². The summed E-state index contributed by atoms with van der Waals surface area (Å²) in [4.78, 5) is 32.8. The van der Waals surface area contributed by atoms with E-state index in [1.165, 1.54) is 19.4 Å². The summed E-state index contributed by atoms with van der Waals surface area (Å²) in [5.41, 5.74) is 4.18. The molecule has 0 aliphatic carbocycles. The Hall–Kier alpha value is -3.74. The van der Waals surface area contributed by atoms with Crippen LogP contribution >= 0.6 is 0 Å². The molecule has 7 heteroatoms. The molecule has 0 bridgehead atoms. The number of aromatic nitrogens is 2. The van der Waals surface area contributed by atoms with Gasteiger partial charge in [0.2, 0.25) is 5.95 Å². The number of rotatable bonds is 6. The first kappa shape index (κ1) is 20.0. The maximum Gasteiger partial charge on any atom is 0.337 e. The van der Waals surface area contributed by atoms with Gasteiger partial charge in [-0.2, -0.15) is 0 Å². The average molecular weight is 390 g/mol. The van der Waals surface area contributed by atoms with Crippen molar-refractivity contribution >= 4 is 29.2 Å². The van der Waals surface area contributed by atoms with E-state index in [0.717, 1.165) is 23.2 Å². The number of benzene rings is 2. The second-order valence-corrected chi connectivity index (χ2v) is 6.38. The topological polar surface area (TPSA) is 93.2 Å². The molecule has 7 nitrogen and oxygen atoms in total. The minimum Gasteiger partial charge on any atom is -0.465 e. The quantitative estimate of drug-likeness (QED) is 0.615. The number of ether oxygens (including phenoxy) is 1. The molecule has 148 valence electrons. The van der Waals surface area contributed by atoms with Crippen molar-refractivity contribution in [1.29, 1.82) is 0 Å². The predicted molar refractivity (Wildman–Crippen MR) is 112 cm³/mol. The lowest BCUT2D eigenvalue weighted by Gasteiger charge is -2.13. The van der Waals surface area contributed by atoms with Crippen LogP contribution in [-0.2, 0) is 11.2 Å². The van der Waals surface area contributed by atoms with Crippen LogP contribution in [0.3, 0.4) is 0 Å². The zero-order chi connectivity index (χ0) is 20.8. The zero-order valence-corrected chi connectivity index (χ0v) is 16.5. The SMILES string of the molecule is CCc1cccc(C)c1Nc1nccc(C(=O)Nc2cccc(C(=O)OC)c2)n1. The van der Waals surface area contributed by atoms with Crippen molar-refractivity contribution in [1.82, 2.24) is 9.97 Å². The first-order valence-corrected chi connectivity index (χ1v) is 9.20. The third-order valence-corrected chi connectivity index (χ3v) is 4.41. The van der Waals surface area contributed by atoms with Crippen molar-refractivity contribution in [2.45, 2.75) is 20.3 Å². The summed E-state index contributed by atoms with van der Waals surface area (Å²) in [7, 11) is 1.31.